The number of benzene rings is 1. The molecule has 4 rings (SSSR count). The number of thioether (sulfide) groups is 1. The number of likely N-dealkylation sites (tertiary alicyclic amines) is 1. The van der Waals surface area contributed by atoms with Crippen molar-refractivity contribution in [1.82, 2.24) is 20.4 Å². The molecule has 174 valence electrons. The zero-order valence-electron chi connectivity index (χ0n) is 19.6. The molecule has 3 heterocycles. The Morgan fingerprint density at radius 1 is 1.15 bits per heavy atom. The van der Waals surface area contributed by atoms with Crippen molar-refractivity contribution in [2.75, 3.05) is 13.1 Å². The van der Waals surface area contributed by atoms with Crippen LogP contribution in [-0.4, -0.2) is 34.0 Å². The van der Waals surface area contributed by atoms with Crippen LogP contribution in [0.4, 0.5) is 0 Å². The summed E-state index contributed by atoms with van der Waals surface area (Å²) >= 11 is 1.53. The SMILES string of the molecule is Cc1noc(C)c1CSc1ncccc1C(=O)NCc1ccccc1CN1CCC(C)CC1. The van der Waals surface area contributed by atoms with Crippen LogP contribution in [0, 0.1) is 19.8 Å². The first-order chi connectivity index (χ1) is 16.0. The van der Waals surface area contributed by atoms with Crippen LogP contribution in [0.1, 0.15) is 58.3 Å². The maximum absolute atomic E-state index is 13.1. The molecule has 0 spiro atoms. The average Bonchev–Trinajstić information content (AvgIpc) is 3.15. The number of nitrogens with zero attached hydrogens (tertiary/aromatic N) is 3. The number of aromatic nitrogens is 2. The third kappa shape index (κ3) is 6.03. The lowest BCUT2D eigenvalue weighted by atomic mass is 9.98. The van der Waals surface area contributed by atoms with Crippen molar-refractivity contribution >= 4 is 17.7 Å². The van der Waals surface area contributed by atoms with Gasteiger partial charge in [0.25, 0.3) is 5.91 Å². The van der Waals surface area contributed by atoms with Crippen molar-refractivity contribution in [2.45, 2.75) is 57.5 Å². The standard InChI is InChI=1S/C26H32N4O2S/c1-18-10-13-30(14-11-18)16-22-8-5-4-7-21(22)15-28-25(31)23-9-6-12-27-26(23)33-17-24-19(2)29-32-20(24)3/h4-9,12,18H,10-11,13-17H2,1-3H3,(H,28,31). The summed E-state index contributed by atoms with van der Waals surface area (Å²) in [6.07, 6.45) is 4.24. The Labute approximate surface area is 200 Å². The highest BCUT2D eigenvalue weighted by atomic mass is 32.2. The smallest absolute Gasteiger partial charge is 0.254 e. The van der Waals surface area contributed by atoms with E-state index in [1.54, 1.807) is 12.3 Å². The molecule has 1 aliphatic heterocycles. The van der Waals surface area contributed by atoms with E-state index in [4.69, 9.17) is 4.52 Å². The summed E-state index contributed by atoms with van der Waals surface area (Å²) in [6, 6.07) is 12.0. The molecule has 0 saturated carbocycles. The number of carbonyl (C=O) groups excluding carboxylic acids is 1. The Bertz CT molecular complexity index is 1070. The molecule has 0 unspecified atom stereocenters. The zero-order valence-corrected chi connectivity index (χ0v) is 20.5. The maximum Gasteiger partial charge on any atom is 0.254 e. The third-order valence-corrected chi connectivity index (χ3v) is 7.41. The van der Waals surface area contributed by atoms with E-state index >= 15 is 0 Å². The van der Waals surface area contributed by atoms with Crippen LogP contribution in [0.5, 0.6) is 0 Å². The lowest BCUT2D eigenvalue weighted by molar-refractivity contribution is 0.0947. The fraction of sp³-hybridized carbons (Fsp3) is 0.423. The summed E-state index contributed by atoms with van der Waals surface area (Å²) in [6.45, 7) is 9.89. The minimum Gasteiger partial charge on any atom is -0.361 e. The van der Waals surface area contributed by atoms with Crippen molar-refractivity contribution in [3.05, 3.63) is 76.3 Å². The molecule has 1 N–H and O–H groups in total. The van der Waals surface area contributed by atoms with E-state index in [-0.39, 0.29) is 5.91 Å². The van der Waals surface area contributed by atoms with Crippen LogP contribution in [-0.2, 0) is 18.8 Å². The first-order valence-corrected chi connectivity index (χ1v) is 12.6. The molecule has 1 aliphatic rings. The van der Waals surface area contributed by atoms with Gasteiger partial charge in [-0.2, -0.15) is 0 Å². The Balaban J connectivity index is 1.40. The number of nitrogens with one attached hydrogen (secondary N) is 1. The molecule has 0 atom stereocenters. The summed E-state index contributed by atoms with van der Waals surface area (Å²) in [5.41, 5.74) is 4.97. The van der Waals surface area contributed by atoms with Crippen LogP contribution in [0.25, 0.3) is 0 Å². The minimum absolute atomic E-state index is 0.106. The van der Waals surface area contributed by atoms with Gasteiger partial charge in [-0.25, -0.2) is 4.98 Å². The largest absolute Gasteiger partial charge is 0.361 e. The molecule has 0 radical (unpaired) electrons. The Kier molecular flexibility index (Phi) is 7.83. The van der Waals surface area contributed by atoms with Gasteiger partial charge in [-0.05, 0) is 69.0 Å². The summed E-state index contributed by atoms with van der Waals surface area (Å²) < 4.78 is 5.25. The van der Waals surface area contributed by atoms with Crippen LogP contribution in [0.15, 0.2) is 52.1 Å². The fourth-order valence-electron chi connectivity index (χ4n) is 4.14. The van der Waals surface area contributed by atoms with Crippen LogP contribution >= 0.6 is 11.8 Å². The fourth-order valence-corrected chi connectivity index (χ4v) is 5.29. The van der Waals surface area contributed by atoms with E-state index in [1.807, 2.05) is 26.0 Å². The number of carbonyl (C=O) groups is 1. The molecular formula is C26H32N4O2S. The van der Waals surface area contributed by atoms with Crippen molar-refractivity contribution < 1.29 is 9.32 Å². The predicted molar refractivity (Wildman–Crippen MR) is 131 cm³/mol. The first kappa shape index (κ1) is 23.5. The van der Waals surface area contributed by atoms with E-state index < -0.39 is 0 Å². The van der Waals surface area contributed by atoms with Gasteiger partial charge >= 0.3 is 0 Å². The van der Waals surface area contributed by atoms with E-state index in [2.05, 4.69) is 45.5 Å². The first-order valence-electron chi connectivity index (χ1n) is 11.6. The molecule has 2 aromatic heterocycles. The molecule has 6 nitrogen and oxygen atoms in total. The number of rotatable bonds is 8. The number of amides is 1. The van der Waals surface area contributed by atoms with E-state index in [1.165, 1.54) is 35.7 Å². The second kappa shape index (κ2) is 11.0. The lowest BCUT2D eigenvalue weighted by Crippen LogP contribution is -2.33. The molecule has 3 aromatic rings. The Morgan fingerprint density at radius 2 is 1.91 bits per heavy atom. The Hall–Kier alpha value is -2.64. The summed E-state index contributed by atoms with van der Waals surface area (Å²) in [5, 5.41) is 7.84. The van der Waals surface area contributed by atoms with Gasteiger partial charge in [-0.15, -0.1) is 11.8 Å². The van der Waals surface area contributed by atoms with Gasteiger partial charge in [0, 0.05) is 30.6 Å². The van der Waals surface area contributed by atoms with Crippen LogP contribution in [0.3, 0.4) is 0 Å². The molecule has 1 amide bonds. The van der Waals surface area contributed by atoms with Crippen molar-refractivity contribution in [2.24, 2.45) is 5.92 Å². The Morgan fingerprint density at radius 3 is 2.64 bits per heavy atom. The van der Waals surface area contributed by atoms with Crippen molar-refractivity contribution in [3.63, 3.8) is 0 Å². The van der Waals surface area contributed by atoms with E-state index in [0.717, 1.165) is 42.6 Å². The third-order valence-electron chi connectivity index (χ3n) is 6.38. The van der Waals surface area contributed by atoms with Gasteiger partial charge in [0.05, 0.1) is 11.3 Å². The normalized spacial score (nSPS) is 15.0. The van der Waals surface area contributed by atoms with Gasteiger partial charge in [0.2, 0.25) is 0 Å². The van der Waals surface area contributed by atoms with Gasteiger partial charge in [-0.1, -0.05) is 36.3 Å². The van der Waals surface area contributed by atoms with Crippen molar-refractivity contribution in [3.8, 4) is 0 Å². The predicted octanol–water partition coefficient (Wildman–Crippen LogP) is 5.14. The summed E-state index contributed by atoms with van der Waals surface area (Å²) in [4.78, 5) is 20.0. The number of aryl methyl sites for hydroxylation is 2. The number of pyridine rings is 1. The van der Waals surface area contributed by atoms with Crippen molar-refractivity contribution in [1.29, 1.82) is 0 Å². The number of hydrogen-bond donors (Lipinski definition) is 1. The van der Waals surface area contributed by atoms with Crippen LogP contribution < -0.4 is 5.32 Å². The van der Waals surface area contributed by atoms with Crippen LogP contribution in [0.2, 0.25) is 0 Å². The maximum atomic E-state index is 13.1. The average molecular weight is 465 g/mol. The zero-order chi connectivity index (χ0) is 23.2. The topological polar surface area (TPSA) is 71.3 Å². The van der Waals surface area contributed by atoms with E-state index in [9.17, 15) is 4.79 Å². The molecule has 7 heteroatoms. The number of hydrogen-bond acceptors (Lipinski definition) is 6. The molecule has 33 heavy (non-hydrogen) atoms. The highest BCUT2D eigenvalue weighted by molar-refractivity contribution is 7.98. The molecule has 1 saturated heterocycles. The van der Waals surface area contributed by atoms with E-state index in [0.29, 0.717) is 22.9 Å². The number of piperidine rings is 1. The molecular weight excluding hydrogens is 432 g/mol. The monoisotopic (exact) mass is 464 g/mol. The molecule has 1 aromatic carbocycles. The van der Waals surface area contributed by atoms with Gasteiger partial charge in [0.1, 0.15) is 10.8 Å². The molecule has 0 bridgehead atoms. The highest BCUT2D eigenvalue weighted by Gasteiger charge is 2.18. The summed E-state index contributed by atoms with van der Waals surface area (Å²) in [5.74, 6) is 2.18. The molecule has 0 aliphatic carbocycles. The second-order valence-corrected chi connectivity index (χ2v) is 9.82. The van der Waals surface area contributed by atoms with Gasteiger partial charge < -0.3 is 9.84 Å². The quantitative estimate of drug-likeness (QED) is 0.466. The summed E-state index contributed by atoms with van der Waals surface area (Å²) in [7, 11) is 0. The lowest BCUT2D eigenvalue weighted by Gasteiger charge is -2.30. The van der Waals surface area contributed by atoms with Gasteiger partial charge in [0.15, 0.2) is 0 Å². The highest BCUT2D eigenvalue weighted by Crippen LogP contribution is 2.27. The van der Waals surface area contributed by atoms with Gasteiger partial charge in [-0.3, -0.25) is 9.69 Å². The minimum atomic E-state index is -0.106. The molecule has 1 fully saturated rings. The second-order valence-electron chi connectivity index (χ2n) is 8.86.